The lowest BCUT2D eigenvalue weighted by atomic mass is 10.2. The average molecular weight is 308 g/mol. The molecule has 5 heteroatoms. The van der Waals surface area contributed by atoms with E-state index < -0.39 is 11.7 Å². The average Bonchev–Trinajstić information content (AvgIpc) is 2.49. The van der Waals surface area contributed by atoms with Crippen LogP contribution in [0.25, 0.3) is 0 Å². The number of hydrogen-bond donors (Lipinski definition) is 1. The van der Waals surface area contributed by atoms with Crippen LogP contribution in [0.15, 0.2) is 42.5 Å². The Hall–Kier alpha value is -2.07. The number of nitrogens with one attached hydrogen (secondary N) is 1. The van der Waals surface area contributed by atoms with E-state index in [1.54, 1.807) is 12.1 Å². The molecule has 0 saturated heterocycles. The van der Waals surface area contributed by atoms with Gasteiger partial charge in [-0.15, -0.1) is 0 Å². The highest BCUT2D eigenvalue weighted by Gasteiger charge is 2.08. The first-order chi connectivity index (χ1) is 10.1. The normalized spacial score (nSPS) is 10.2. The lowest BCUT2D eigenvalue weighted by molar-refractivity contribution is -0.118. The molecule has 0 aromatic heterocycles. The van der Waals surface area contributed by atoms with E-state index in [1.807, 2.05) is 12.1 Å². The van der Waals surface area contributed by atoms with Crippen molar-refractivity contribution in [1.82, 2.24) is 0 Å². The number of ether oxygens (including phenoxy) is 1. The van der Waals surface area contributed by atoms with Crippen LogP contribution in [0, 0.1) is 5.82 Å². The van der Waals surface area contributed by atoms with Gasteiger partial charge in [-0.05, 0) is 42.3 Å². The second kappa shape index (κ2) is 7.09. The van der Waals surface area contributed by atoms with Crippen molar-refractivity contribution in [2.45, 2.75) is 13.3 Å². The summed E-state index contributed by atoms with van der Waals surface area (Å²) in [7, 11) is 0. The molecule has 0 radical (unpaired) electrons. The fourth-order valence-electron chi connectivity index (χ4n) is 1.75. The highest BCUT2D eigenvalue weighted by Crippen LogP contribution is 2.19. The Bertz CT molecular complexity index is 629. The molecule has 2 rings (SSSR count). The van der Waals surface area contributed by atoms with Gasteiger partial charge in [-0.2, -0.15) is 0 Å². The van der Waals surface area contributed by atoms with Gasteiger partial charge >= 0.3 is 0 Å². The second-order valence-electron chi connectivity index (χ2n) is 4.46. The Morgan fingerprint density at radius 3 is 2.62 bits per heavy atom. The number of halogens is 2. The van der Waals surface area contributed by atoms with E-state index in [2.05, 4.69) is 12.2 Å². The molecule has 1 amide bonds. The van der Waals surface area contributed by atoms with Gasteiger partial charge in [0.1, 0.15) is 11.6 Å². The zero-order chi connectivity index (χ0) is 15.2. The van der Waals surface area contributed by atoms with Crippen molar-refractivity contribution in [2.75, 3.05) is 11.9 Å². The maximum absolute atomic E-state index is 13.5. The summed E-state index contributed by atoms with van der Waals surface area (Å²) < 4.78 is 18.8. The number of rotatable bonds is 5. The Morgan fingerprint density at radius 1 is 1.24 bits per heavy atom. The number of aryl methyl sites for hydroxylation is 1. The molecular formula is C16H15ClFNO2. The van der Waals surface area contributed by atoms with Crippen LogP contribution in [0.5, 0.6) is 5.75 Å². The molecule has 0 unspecified atom stereocenters. The van der Waals surface area contributed by atoms with E-state index in [4.69, 9.17) is 16.3 Å². The van der Waals surface area contributed by atoms with Crippen LogP contribution in [0.2, 0.25) is 5.02 Å². The number of carbonyl (C=O) groups excluding carboxylic acids is 1. The number of carbonyl (C=O) groups is 1. The van der Waals surface area contributed by atoms with Crippen molar-refractivity contribution in [1.29, 1.82) is 0 Å². The molecule has 0 bridgehead atoms. The molecule has 0 spiro atoms. The molecule has 0 saturated carbocycles. The van der Waals surface area contributed by atoms with Gasteiger partial charge in [0.15, 0.2) is 6.61 Å². The summed E-state index contributed by atoms with van der Waals surface area (Å²) in [6.45, 7) is 1.86. The first-order valence-corrected chi connectivity index (χ1v) is 6.93. The van der Waals surface area contributed by atoms with Gasteiger partial charge in [0.2, 0.25) is 0 Å². The molecule has 21 heavy (non-hydrogen) atoms. The summed E-state index contributed by atoms with van der Waals surface area (Å²) in [5.41, 5.74) is 1.23. The van der Waals surface area contributed by atoms with Crippen LogP contribution in [-0.4, -0.2) is 12.5 Å². The Kier molecular flexibility index (Phi) is 5.17. The van der Waals surface area contributed by atoms with E-state index in [0.717, 1.165) is 6.42 Å². The highest BCUT2D eigenvalue weighted by molar-refractivity contribution is 6.30. The van der Waals surface area contributed by atoms with Gasteiger partial charge in [-0.3, -0.25) is 4.79 Å². The summed E-state index contributed by atoms with van der Waals surface area (Å²) in [6, 6.07) is 11.4. The minimum Gasteiger partial charge on any atom is -0.484 e. The molecule has 0 aliphatic carbocycles. The van der Waals surface area contributed by atoms with E-state index in [9.17, 15) is 9.18 Å². The Labute approximate surface area is 127 Å². The van der Waals surface area contributed by atoms with Gasteiger partial charge in [0.05, 0.1) is 5.69 Å². The third-order valence-corrected chi connectivity index (χ3v) is 3.14. The number of hydrogen-bond acceptors (Lipinski definition) is 2. The third kappa shape index (κ3) is 4.46. The van der Waals surface area contributed by atoms with E-state index in [-0.39, 0.29) is 12.3 Å². The standard InChI is InChI=1S/C16H15ClFNO2/c1-2-11-3-6-13(7-4-11)21-10-16(20)19-15-9-12(17)5-8-14(15)18/h3-9H,2,10H2,1H3,(H,19,20). The SMILES string of the molecule is CCc1ccc(OCC(=O)Nc2cc(Cl)ccc2F)cc1. The summed E-state index contributed by atoms with van der Waals surface area (Å²) >= 11 is 5.75. The van der Waals surface area contributed by atoms with Gasteiger partial charge in [-0.25, -0.2) is 4.39 Å². The van der Waals surface area contributed by atoms with Crippen molar-refractivity contribution >= 4 is 23.2 Å². The smallest absolute Gasteiger partial charge is 0.262 e. The van der Waals surface area contributed by atoms with Crippen LogP contribution in [-0.2, 0) is 11.2 Å². The molecule has 3 nitrogen and oxygen atoms in total. The lowest BCUT2D eigenvalue weighted by Crippen LogP contribution is -2.20. The second-order valence-corrected chi connectivity index (χ2v) is 4.89. The van der Waals surface area contributed by atoms with Crippen LogP contribution < -0.4 is 10.1 Å². The maximum atomic E-state index is 13.5. The van der Waals surface area contributed by atoms with Crippen molar-refractivity contribution in [3.05, 3.63) is 58.9 Å². The van der Waals surface area contributed by atoms with Gasteiger partial charge in [-0.1, -0.05) is 30.7 Å². The highest BCUT2D eigenvalue weighted by atomic mass is 35.5. The van der Waals surface area contributed by atoms with Crippen molar-refractivity contribution < 1.29 is 13.9 Å². The van der Waals surface area contributed by atoms with Crippen molar-refractivity contribution in [2.24, 2.45) is 0 Å². The minimum atomic E-state index is -0.542. The maximum Gasteiger partial charge on any atom is 0.262 e. The van der Waals surface area contributed by atoms with Gasteiger partial charge < -0.3 is 10.1 Å². The molecule has 0 heterocycles. The van der Waals surface area contributed by atoms with Gasteiger partial charge in [0, 0.05) is 5.02 Å². The fourth-order valence-corrected chi connectivity index (χ4v) is 1.92. The molecule has 110 valence electrons. The largest absolute Gasteiger partial charge is 0.484 e. The van der Waals surface area contributed by atoms with Crippen molar-refractivity contribution in [3.63, 3.8) is 0 Å². The molecule has 0 aliphatic rings. The monoisotopic (exact) mass is 307 g/mol. The number of benzene rings is 2. The molecule has 1 N–H and O–H groups in total. The minimum absolute atomic E-state index is 0.0393. The summed E-state index contributed by atoms with van der Waals surface area (Å²) in [5, 5.41) is 2.77. The number of amides is 1. The summed E-state index contributed by atoms with van der Waals surface area (Å²) in [5.74, 6) is -0.398. The topological polar surface area (TPSA) is 38.3 Å². The van der Waals surface area contributed by atoms with E-state index in [1.165, 1.54) is 23.8 Å². The molecule has 2 aromatic rings. The van der Waals surface area contributed by atoms with Crippen LogP contribution in [0.1, 0.15) is 12.5 Å². The first kappa shape index (κ1) is 15.3. The van der Waals surface area contributed by atoms with E-state index in [0.29, 0.717) is 10.8 Å². The van der Waals surface area contributed by atoms with Crippen LogP contribution in [0.4, 0.5) is 10.1 Å². The predicted octanol–water partition coefficient (Wildman–Crippen LogP) is 4.06. The van der Waals surface area contributed by atoms with Crippen molar-refractivity contribution in [3.8, 4) is 5.75 Å². The molecule has 0 atom stereocenters. The number of anilines is 1. The predicted molar refractivity (Wildman–Crippen MR) is 81.4 cm³/mol. The van der Waals surface area contributed by atoms with Gasteiger partial charge in [0.25, 0.3) is 5.91 Å². The quantitative estimate of drug-likeness (QED) is 0.904. The zero-order valence-electron chi connectivity index (χ0n) is 11.5. The van der Waals surface area contributed by atoms with Crippen LogP contribution in [0.3, 0.4) is 0 Å². The summed E-state index contributed by atoms with van der Waals surface area (Å²) in [4.78, 5) is 11.7. The lowest BCUT2D eigenvalue weighted by Gasteiger charge is -2.09. The third-order valence-electron chi connectivity index (χ3n) is 2.90. The first-order valence-electron chi connectivity index (χ1n) is 6.55. The molecule has 0 fully saturated rings. The Balaban J connectivity index is 1.91. The summed E-state index contributed by atoms with van der Waals surface area (Å²) in [6.07, 6.45) is 0.939. The van der Waals surface area contributed by atoms with E-state index >= 15 is 0 Å². The molecular weight excluding hydrogens is 293 g/mol. The Morgan fingerprint density at radius 2 is 1.95 bits per heavy atom. The fraction of sp³-hybridized carbons (Fsp3) is 0.188. The molecule has 2 aromatic carbocycles. The zero-order valence-corrected chi connectivity index (χ0v) is 12.3. The molecule has 0 aliphatic heterocycles. The van der Waals surface area contributed by atoms with Crippen LogP contribution >= 0.6 is 11.6 Å².